The monoisotopic (exact) mass is 463 g/mol. The predicted octanol–water partition coefficient (Wildman–Crippen LogP) is 3.62. The van der Waals surface area contributed by atoms with Gasteiger partial charge in [0.2, 0.25) is 0 Å². The quantitative estimate of drug-likeness (QED) is 0.421. The fourth-order valence-corrected chi connectivity index (χ4v) is 3.12. The number of nitrogens with zero attached hydrogens (tertiary/aromatic N) is 2. The third-order valence-corrected chi connectivity index (χ3v) is 5.27. The van der Waals surface area contributed by atoms with Crippen LogP contribution in [0.1, 0.15) is 29.7 Å². The normalized spacial score (nSPS) is 19.6. The third-order valence-electron chi connectivity index (χ3n) is 4.30. The Hall–Kier alpha value is -0.470. The molecule has 1 aliphatic heterocycles. The van der Waals surface area contributed by atoms with Crippen LogP contribution in [-0.4, -0.2) is 55.7 Å². The van der Waals surface area contributed by atoms with Crippen molar-refractivity contribution in [3.63, 3.8) is 0 Å². The summed E-state index contributed by atoms with van der Waals surface area (Å²) in [4.78, 5) is 6.76. The zero-order valence-electron chi connectivity index (χ0n) is 15.3. The average Bonchev–Trinajstić information content (AvgIpc) is 2.55. The Morgan fingerprint density at radius 2 is 2.21 bits per heavy atom. The summed E-state index contributed by atoms with van der Waals surface area (Å²) >= 11 is 1.86. The molecule has 2 rings (SSSR count). The van der Waals surface area contributed by atoms with E-state index in [9.17, 15) is 0 Å². The molecule has 0 amide bonds. The van der Waals surface area contributed by atoms with Gasteiger partial charge in [-0.25, -0.2) is 0 Å². The Morgan fingerprint density at radius 1 is 1.46 bits per heavy atom. The van der Waals surface area contributed by atoms with E-state index in [-0.39, 0.29) is 30.1 Å². The summed E-state index contributed by atoms with van der Waals surface area (Å²) in [6, 6.07) is 6.59. The van der Waals surface area contributed by atoms with E-state index in [0.717, 1.165) is 32.2 Å². The lowest BCUT2D eigenvalue weighted by atomic mass is 10.00. The molecule has 1 heterocycles. The Bertz CT molecular complexity index is 553. The van der Waals surface area contributed by atoms with E-state index in [0.29, 0.717) is 5.25 Å². The first-order valence-corrected chi connectivity index (χ1v) is 9.51. The number of nitrogens with one attached hydrogen (secondary N) is 1. The van der Waals surface area contributed by atoms with E-state index in [1.54, 1.807) is 0 Å². The zero-order chi connectivity index (χ0) is 16.8. The lowest BCUT2D eigenvalue weighted by Crippen LogP contribution is -2.49. The van der Waals surface area contributed by atoms with Crippen molar-refractivity contribution in [3.8, 4) is 0 Å². The van der Waals surface area contributed by atoms with E-state index in [1.165, 1.54) is 16.7 Å². The first kappa shape index (κ1) is 21.6. The van der Waals surface area contributed by atoms with Crippen LogP contribution in [-0.2, 0) is 4.74 Å². The van der Waals surface area contributed by atoms with Crippen molar-refractivity contribution >= 4 is 41.7 Å². The van der Waals surface area contributed by atoms with Crippen LogP contribution in [0, 0.1) is 13.8 Å². The van der Waals surface area contributed by atoms with E-state index in [2.05, 4.69) is 60.4 Å². The van der Waals surface area contributed by atoms with Gasteiger partial charge in [0.15, 0.2) is 5.96 Å². The number of morpholine rings is 1. The van der Waals surface area contributed by atoms with Crippen LogP contribution in [0.3, 0.4) is 0 Å². The van der Waals surface area contributed by atoms with Gasteiger partial charge in [-0.1, -0.05) is 30.7 Å². The number of rotatable bonds is 4. The Balaban J connectivity index is 0.00000288. The Labute approximate surface area is 167 Å². The van der Waals surface area contributed by atoms with Gasteiger partial charge in [0.1, 0.15) is 6.10 Å². The summed E-state index contributed by atoms with van der Waals surface area (Å²) in [6.07, 6.45) is 2.25. The summed E-state index contributed by atoms with van der Waals surface area (Å²) in [6.45, 7) is 9.91. The summed E-state index contributed by atoms with van der Waals surface area (Å²) in [7, 11) is 1.85. The highest BCUT2D eigenvalue weighted by Gasteiger charge is 2.25. The predicted molar refractivity (Wildman–Crippen MR) is 116 cm³/mol. The second-order valence-corrected chi connectivity index (χ2v) is 7.42. The fraction of sp³-hybridized carbons (Fsp3) is 0.611. The first-order valence-electron chi connectivity index (χ1n) is 8.22. The topological polar surface area (TPSA) is 36.9 Å². The lowest BCUT2D eigenvalue weighted by molar-refractivity contribution is -0.00829. The maximum Gasteiger partial charge on any atom is 0.193 e. The molecule has 0 radical (unpaired) electrons. The first-order chi connectivity index (χ1) is 11.0. The van der Waals surface area contributed by atoms with Gasteiger partial charge in [0.25, 0.3) is 0 Å². The van der Waals surface area contributed by atoms with Gasteiger partial charge in [0.05, 0.1) is 13.2 Å². The van der Waals surface area contributed by atoms with Crippen LogP contribution in [0.2, 0.25) is 0 Å². The number of ether oxygens (including phenoxy) is 1. The lowest BCUT2D eigenvalue weighted by Gasteiger charge is -2.36. The number of aliphatic imine (C=N–C) groups is 1. The molecule has 1 aromatic carbocycles. The van der Waals surface area contributed by atoms with Crippen LogP contribution < -0.4 is 5.32 Å². The smallest absolute Gasteiger partial charge is 0.193 e. The second kappa shape index (κ2) is 10.5. The second-order valence-electron chi connectivity index (χ2n) is 6.14. The average molecular weight is 463 g/mol. The largest absolute Gasteiger partial charge is 0.370 e. The molecule has 0 saturated carbocycles. The minimum absolute atomic E-state index is 0. The van der Waals surface area contributed by atoms with Gasteiger partial charge < -0.3 is 15.0 Å². The van der Waals surface area contributed by atoms with E-state index < -0.39 is 0 Å². The number of benzene rings is 1. The molecule has 1 aromatic rings. The molecule has 0 aliphatic carbocycles. The van der Waals surface area contributed by atoms with Crippen molar-refractivity contribution < 1.29 is 4.74 Å². The van der Waals surface area contributed by atoms with Crippen LogP contribution in [0.4, 0.5) is 0 Å². The highest BCUT2D eigenvalue weighted by Crippen LogP contribution is 2.25. The molecule has 1 fully saturated rings. The molecule has 0 aromatic heterocycles. The van der Waals surface area contributed by atoms with E-state index >= 15 is 0 Å². The van der Waals surface area contributed by atoms with Crippen LogP contribution in [0.25, 0.3) is 0 Å². The highest BCUT2D eigenvalue weighted by molar-refractivity contribution is 14.0. The molecule has 6 heteroatoms. The summed E-state index contributed by atoms with van der Waals surface area (Å²) in [5.74, 6) is 0.976. The van der Waals surface area contributed by atoms with Crippen molar-refractivity contribution in [3.05, 3.63) is 34.9 Å². The number of thioether (sulfide) groups is 1. The molecule has 0 bridgehead atoms. The van der Waals surface area contributed by atoms with Crippen molar-refractivity contribution in [2.45, 2.75) is 32.1 Å². The van der Waals surface area contributed by atoms with Crippen molar-refractivity contribution in [1.82, 2.24) is 10.2 Å². The van der Waals surface area contributed by atoms with Crippen LogP contribution in [0.5, 0.6) is 0 Å². The van der Waals surface area contributed by atoms with Crippen LogP contribution >= 0.6 is 35.7 Å². The van der Waals surface area contributed by atoms with Crippen molar-refractivity contribution in [1.29, 1.82) is 0 Å². The molecule has 1 N–H and O–H groups in total. The third kappa shape index (κ3) is 5.81. The Kier molecular flexibility index (Phi) is 9.44. The van der Waals surface area contributed by atoms with Gasteiger partial charge in [-0.05, 0) is 31.2 Å². The number of hydrogen-bond donors (Lipinski definition) is 1. The molecular weight excluding hydrogens is 433 g/mol. The summed E-state index contributed by atoms with van der Waals surface area (Å²) < 4.78 is 6.03. The van der Waals surface area contributed by atoms with Gasteiger partial charge in [0, 0.05) is 25.4 Å². The minimum Gasteiger partial charge on any atom is -0.370 e. The summed E-state index contributed by atoms with van der Waals surface area (Å²) in [5, 5.41) is 4.06. The van der Waals surface area contributed by atoms with Gasteiger partial charge in [-0.3, -0.25) is 4.99 Å². The van der Waals surface area contributed by atoms with Crippen molar-refractivity contribution in [2.24, 2.45) is 4.99 Å². The molecule has 0 spiro atoms. The van der Waals surface area contributed by atoms with E-state index in [4.69, 9.17) is 4.74 Å². The molecule has 4 nitrogen and oxygen atoms in total. The number of halogens is 1. The number of aryl methyl sites for hydroxylation is 2. The zero-order valence-corrected chi connectivity index (χ0v) is 18.5. The van der Waals surface area contributed by atoms with Crippen LogP contribution in [0.15, 0.2) is 23.2 Å². The molecule has 1 aliphatic rings. The molecule has 2 unspecified atom stereocenters. The molecule has 1 saturated heterocycles. The van der Waals surface area contributed by atoms with Gasteiger partial charge >= 0.3 is 0 Å². The maximum atomic E-state index is 6.03. The maximum absolute atomic E-state index is 6.03. The molecule has 136 valence electrons. The van der Waals surface area contributed by atoms with E-state index in [1.807, 2.05) is 18.8 Å². The fourth-order valence-electron chi connectivity index (χ4n) is 2.87. The van der Waals surface area contributed by atoms with Crippen molar-refractivity contribution in [2.75, 3.05) is 39.5 Å². The van der Waals surface area contributed by atoms with Gasteiger partial charge in [-0.15, -0.1) is 24.0 Å². The van der Waals surface area contributed by atoms with Gasteiger partial charge in [-0.2, -0.15) is 11.8 Å². The number of guanidine groups is 1. The Morgan fingerprint density at radius 3 is 2.83 bits per heavy atom. The molecule has 24 heavy (non-hydrogen) atoms. The summed E-state index contributed by atoms with van der Waals surface area (Å²) in [5.41, 5.74) is 3.88. The SMILES string of the molecule is CN=C(NCC(C)SC)N1CCOC(c2ccc(C)cc2C)C1.I. The minimum atomic E-state index is 0. The highest BCUT2D eigenvalue weighted by atomic mass is 127. The number of hydrogen-bond acceptors (Lipinski definition) is 3. The standard InChI is InChI=1S/C18H29N3OS.HI/c1-13-6-7-16(14(2)10-13)17-12-21(8-9-22-17)18(19-4)20-11-15(3)23-5;/h6-7,10,15,17H,8-9,11-12H2,1-5H3,(H,19,20);1H. The molecular formula is C18H30IN3OS. The molecule has 2 atom stereocenters.